The van der Waals surface area contributed by atoms with Gasteiger partial charge in [0.25, 0.3) is 0 Å². The maximum atomic E-state index is 13.3. The molecule has 4 nitrogen and oxygen atoms in total. The molecule has 0 fully saturated rings. The van der Waals surface area contributed by atoms with Gasteiger partial charge in [-0.25, -0.2) is 17.6 Å². The molecule has 0 N–H and O–H groups in total. The zero-order valence-electron chi connectivity index (χ0n) is 12.3. The molecule has 0 aliphatic carbocycles. The van der Waals surface area contributed by atoms with Crippen molar-refractivity contribution < 1.29 is 22.3 Å². The third kappa shape index (κ3) is 3.42. The molecule has 0 saturated heterocycles. The van der Waals surface area contributed by atoms with E-state index in [1.54, 1.807) is 24.3 Å². The van der Waals surface area contributed by atoms with Gasteiger partial charge < -0.3 is 4.74 Å². The van der Waals surface area contributed by atoms with Crippen molar-refractivity contribution >= 4 is 43.7 Å². The van der Waals surface area contributed by atoms with Crippen molar-refractivity contribution in [2.45, 2.75) is 5.75 Å². The number of thiol groups is 1. The lowest BCUT2D eigenvalue weighted by molar-refractivity contribution is -0.133. The smallest absolute Gasteiger partial charge is 0.339 e. The van der Waals surface area contributed by atoms with Gasteiger partial charge in [-0.3, -0.25) is 0 Å². The third-order valence-electron chi connectivity index (χ3n) is 3.67. The number of hydrogen-bond donors (Lipinski definition) is 1. The van der Waals surface area contributed by atoms with Crippen LogP contribution in [0.1, 0.15) is 16.7 Å². The Kier molecular flexibility index (Phi) is 4.82. The van der Waals surface area contributed by atoms with Crippen LogP contribution >= 0.6 is 15.9 Å². The Morgan fingerprint density at radius 1 is 1.12 bits per heavy atom. The summed E-state index contributed by atoms with van der Waals surface area (Å²) in [6.45, 7) is 0.118. The van der Waals surface area contributed by atoms with Gasteiger partial charge in [0, 0.05) is 15.6 Å². The van der Waals surface area contributed by atoms with E-state index < -0.39 is 22.5 Å². The number of carbonyl (C=O) groups is 1. The van der Waals surface area contributed by atoms with Crippen LogP contribution in [0.3, 0.4) is 0 Å². The highest BCUT2D eigenvalue weighted by atomic mass is 79.9. The highest BCUT2D eigenvalue weighted by Gasteiger charge is 2.28. The minimum atomic E-state index is -2.49. The molecule has 0 spiro atoms. The summed E-state index contributed by atoms with van der Waals surface area (Å²) in [5, 5.41) is 0. The molecule has 24 heavy (non-hydrogen) atoms. The van der Waals surface area contributed by atoms with E-state index in [1.165, 1.54) is 18.2 Å². The summed E-state index contributed by atoms with van der Waals surface area (Å²) < 4.78 is 40.5. The summed E-state index contributed by atoms with van der Waals surface area (Å²) >= 11 is 3.27. The Morgan fingerprint density at radius 3 is 2.46 bits per heavy atom. The molecule has 0 radical (unpaired) electrons. The van der Waals surface area contributed by atoms with Crippen molar-refractivity contribution in [3.05, 3.63) is 69.4 Å². The molecule has 0 bridgehead atoms. The summed E-state index contributed by atoms with van der Waals surface area (Å²) in [6.07, 6.45) is 0. The first-order valence-electron chi connectivity index (χ1n) is 7.02. The SMILES string of the molecule is O=C1OCC(c2ccc(C[SH](=O)=O)cc2)=C1c1ccc(F)cc1Br. The van der Waals surface area contributed by atoms with Crippen LogP contribution < -0.4 is 0 Å². The molecule has 0 unspecified atom stereocenters. The lowest BCUT2D eigenvalue weighted by Gasteiger charge is -2.07. The van der Waals surface area contributed by atoms with Crippen molar-refractivity contribution in [3.63, 3.8) is 0 Å². The van der Waals surface area contributed by atoms with E-state index in [2.05, 4.69) is 15.9 Å². The number of rotatable bonds is 4. The first-order chi connectivity index (χ1) is 11.5. The van der Waals surface area contributed by atoms with E-state index in [0.29, 0.717) is 26.7 Å². The fraction of sp³-hybridized carbons (Fsp3) is 0.118. The highest BCUT2D eigenvalue weighted by Crippen LogP contribution is 2.36. The number of ether oxygens (including phenoxy) is 1. The number of halogens is 2. The summed E-state index contributed by atoms with van der Waals surface area (Å²) in [4.78, 5) is 12.1. The number of esters is 1. The van der Waals surface area contributed by atoms with Crippen molar-refractivity contribution in [2.75, 3.05) is 6.61 Å². The van der Waals surface area contributed by atoms with Crippen LogP contribution in [0.5, 0.6) is 0 Å². The first kappa shape index (κ1) is 16.9. The molecule has 0 amide bonds. The van der Waals surface area contributed by atoms with E-state index in [0.717, 1.165) is 5.56 Å². The summed E-state index contributed by atoms with van der Waals surface area (Å²) in [5.41, 5.74) is 3.05. The molecule has 2 aromatic rings. The van der Waals surface area contributed by atoms with Crippen molar-refractivity contribution in [2.24, 2.45) is 0 Å². The fourth-order valence-electron chi connectivity index (χ4n) is 2.56. The number of hydrogen-bond acceptors (Lipinski definition) is 4. The number of carbonyl (C=O) groups excluding carboxylic acids is 1. The van der Waals surface area contributed by atoms with Crippen molar-refractivity contribution in [3.8, 4) is 0 Å². The third-order valence-corrected chi connectivity index (χ3v) is 4.95. The monoisotopic (exact) mass is 410 g/mol. The Bertz CT molecular complexity index is 909. The van der Waals surface area contributed by atoms with E-state index in [-0.39, 0.29) is 12.4 Å². The number of benzene rings is 2. The van der Waals surface area contributed by atoms with Crippen LogP contribution in [0.4, 0.5) is 4.39 Å². The Hall–Kier alpha value is -1.99. The Morgan fingerprint density at radius 2 is 1.83 bits per heavy atom. The second-order valence-electron chi connectivity index (χ2n) is 5.24. The van der Waals surface area contributed by atoms with E-state index in [1.807, 2.05) is 0 Å². The topological polar surface area (TPSA) is 60.4 Å². The Balaban J connectivity index is 2.06. The molecule has 0 saturated carbocycles. The van der Waals surface area contributed by atoms with E-state index >= 15 is 0 Å². The highest BCUT2D eigenvalue weighted by molar-refractivity contribution is 9.10. The minimum Gasteiger partial charge on any atom is -0.457 e. The van der Waals surface area contributed by atoms with Gasteiger partial charge in [0.2, 0.25) is 0 Å². The van der Waals surface area contributed by atoms with Gasteiger partial charge >= 0.3 is 5.97 Å². The standard InChI is InChI=1S/C17H12BrFO4S/c18-15-7-12(19)5-6-13(15)16-14(8-23-17(16)20)11-3-1-10(2-4-11)9-24(21)22/h1-7,24H,8-9H2. The fourth-order valence-corrected chi connectivity index (χ4v) is 3.62. The maximum Gasteiger partial charge on any atom is 0.339 e. The van der Waals surface area contributed by atoms with Gasteiger partial charge in [-0.1, -0.05) is 46.3 Å². The second-order valence-corrected chi connectivity index (χ2v) is 7.08. The minimum absolute atomic E-state index is 0.0273. The van der Waals surface area contributed by atoms with E-state index in [9.17, 15) is 17.6 Å². The molecule has 124 valence electrons. The molecule has 1 heterocycles. The Labute approximate surface area is 148 Å². The molecule has 1 aliphatic rings. The maximum absolute atomic E-state index is 13.3. The zero-order chi connectivity index (χ0) is 17.3. The van der Waals surface area contributed by atoms with Gasteiger partial charge in [-0.05, 0) is 23.3 Å². The molecule has 3 rings (SSSR count). The quantitative estimate of drug-likeness (QED) is 0.621. The predicted octanol–water partition coefficient (Wildman–Crippen LogP) is 3.17. The average Bonchev–Trinajstić information content (AvgIpc) is 2.89. The van der Waals surface area contributed by atoms with Crippen LogP contribution in [0.25, 0.3) is 11.1 Å². The summed E-state index contributed by atoms with van der Waals surface area (Å²) in [5.74, 6) is -0.903. The van der Waals surface area contributed by atoms with Gasteiger partial charge in [-0.15, -0.1) is 0 Å². The summed E-state index contributed by atoms with van der Waals surface area (Å²) in [7, 11) is -2.49. The zero-order valence-corrected chi connectivity index (χ0v) is 14.8. The summed E-state index contributed by atoms with van der Waals surface area (Å²) in [6, 6.07) is 11.0. The number of cyclic esters (lactones) is 1. The van der Waals surface area contributed by atoms with Crippen LogP contribution in [-0.2, 0) is 26.0 Å². The van der Waals surface area contributed by atoms with Gasteiger partial charge in [0.1, 0.15) is 23.1 Å². The van der Waals surface area contributed by atoms with Crippen LogP contribution in [0.15, 0.2) is 46.9 Å². The lowest BCUT2D eigenvalue weighted by Crippen LogP contribution is -1.99. The van der Waals surface area contributed by atoms with Gasteiger partial charge in [-0.2, -0.15) is 0 Å². The molecular formula is C17H12BrFO4S. The first-order valence-corrected chi connectivity index (χ1v) is 9.18. The molecule has 2 aromatic carbocycles. The van der Waals surface area contributed by atoms with Gasteiger partial charge in [0.15, 0.2) is 0 Å². The molecule has 0 aromatic heterocycles. The molecule has 0 atom stereocenters. The van der Waals surface area contributed by atoms with Crippen LogP contribution in [0.2, 0.25) is 0 Å². The largest absolute Gasteiger partial charge is 0.457 e. The van der Waals surface area contributed by atoms with Crippen LogP contribution in [-0.4, -0.2) is 21.0 Å². The molecule has 1 aliphatic heterocycles. The van der Waals surface area contributed by atoms with E-state index in [4.69, 9.17) is 4.74 Å². The normalized spacial score (nSPS) is 14.4. The van der Waals surface area contributed by atoms with Crippen molar-refractivity contribution in [1.29, 1.82) is 0 Å². The average molecular weight is 411 g/mol. The molecule has 7 heteroatoms. The second kappa shape index (κ2) is 6.86. The lowest BCUT2D eigenvalue weighted by atomic mass is 9.96. The molecular weight excluding hydrogens is 399 g/mol. The van der Waals surface area contributed by atoms with Crippen LogP contribution in [0, 0.1) is 5.82 Å². The van der Waals surface area contributed by atoms with Gasteiger partial charge in [0.05, 0.1) is 11.3 Å². The van der Waals surface area contributed by atoms with Crippen molar-refractivity contribution in [1.82, 2.24) is 0 Å². The predicted molar refractivity (Wildman–Crippen MR) is 92.3 cm³/mol.